The van der Waals surface area contributed by atoms with E-state index in [2.05, 4.69) is 33.0 Å². The fourth-order valence-electron chi connectivity index (χ4n) is 9.07. The quantitative estimate of drug-likeness (QED) is 0.227. The second-order valence-corrected chi connectivity index (χ2v) is 18.2. The van der Waals surface area contributed by atoms with Crippen LogP contribution in [-0.4, -0.2) is 101 Å². The summed E-state index contributed by atoms with van der Waals surface area (Å²) < 4.78 is 11.9. The van der Waals surface area contributed by atoms with Gasteiger partial charge in [-0.15, -0.1) is 0 Å². The molecule has 4 aliphatic rings. The Morgan fingerprint density at radius 3 is 1.47 bits per heavy atom. The molecule has 2 fully saturated rings. The monoisotopic (exact) mass is 831 g/mol. The molecule has 2 aromatic rings. The van der Waals surface area contributed by atoms with E-state index in [0.29, 0.717) is 66.6 Å². The maximum Gasteiger partial charge on any atom is 0.270 e. The summed E-state index contributed by atoms with van der Waals surface area (Å²) in [5, 5.41) is 2.82. The second-order valence-electron chi connectivity index (χ2n) is 18.2. The Morgan fingerprint density at radius 1 is 0.700 bits per heavy atom. The molecule has 0 unspecified atom stereocenters. The molecule has 2 aromatic carbocycles. The van der Waals surface area contributed by atoms with Crippen molar-refractivity contribution in [3.63, 3.8) is 0 Å². The lowest BCUT2D eigenvalue weighted by Crippen LogP contribution is -2.54. The number of nitrogens with two attached hydrogens (primary N) is 1. The number of nitrogens with one attached hydrogen (secondary N) is 1. The van der Waals surface area contributed by atoms with Crippen molar-refractivity contribution in [3.8, 4) is 11.5 Å². The molecule has 0 aromatic heterocycles. The molecule has 0 saturated heterocycles. The molecule has 2 aliphatic heterocycles. The Morgan fingerprint density at radius 2 is 1.10 bits per heavy atom. The van der Waals surface area contributed by atoms with Crippen molar-refractivity contribution in [1.82, 2.24) is 15.1 Å². The van der Waals surface area contributed by atoms with Crippen LogP contribution < -0.4 is 30.3 Å². The van der Waals surface area contributed by atoms with E-state index in [1.807, 2.05) is 15.9 Å². The number of carbonyl (C=O) groups excluding carboxylic acids is 5. The molecule has 3 N–H and O–H groups in total. The van der Waals surface area contributed by atoms with Gasteiger partial charge in [0.2, 0.25) is 5.91 Å². The molecule has 13 heteroatoms. The van der Waals surface area contributed by atoms with Gasteiger partial charge in [0, 0.05) is 67.9 Å². The highest BCUT2D eigenvalue weighted by Gasteiger charge is 2.43. The van der Waals surface area contributed by atoms with Gasteiger partial charge in [0.25, 0.3) is 23.6 Å². The highest BCUT2D eigenvalue weighted by Crippen LogP contribution is 2.40. The van der Waals surface area contributed by atoms with E-state index in [1.54, 1.807) is 74.8 Å². The molecule has 2 saturated carbocycles. The Hall–Kier alpha value is -4.65. The molecule has 13 nitrogen and oxygen atoms in total. The first kappa shape index (κ1) is 46.4. The summed E-state index contributed by atoms with van der Waals surface area (Å²) >= 11 is 0. The van der Waals surface area contributed by atoms with Crippen LogP contribution in [0.25, 0.3) is 0 Å². The average molecular weight is 831 g/mol. The van der Waals surface area contributed by atoms with Crippen LogP contribution in [0.4, 0.5) is 11.4 Å². The third-order valence-electron chi connectivity index (χ3n) is 12.1. The smallest absolute Gasteiger partial charge is 0.270 e. The van der Waals surface area contributed by atoms with Crippen LogP contribution in [0.15, 0.2) is 36.4 Å². The highest BCUT2D eigenvalue weighted by molar-refractivity contribution is 6.05. The maximum absolute atomic E-state index is 13.6. The summed E-state index contributed by atoms with van der Waals surface area (Å²) in [6, 6.07) is 11.5. The SMILES string of the molecule is CC(C)N(C(=O)c1ccc2c(c1)N(CCN)C(=O)C(C)(C)O2)C1CCCCC1.CCC(=O)NCCN1C(=O)C(C)(C)Oc2ccc(C(=O)N(C(C)C)C3CCCCC3)cc21. The third-order valence-corrected chi connectivity index (χ3v) is 12.1. The number of ether oxygens (including phenoxy) is 2. The van der Waals surface area contributed by atoms with E-state index in [0.717, 1.165) is 38.5 Å². The van der Waals surface area contributed by atoms with Crippen molar-refractivity contribution in [3.05, 3.63) is 47.5 Å². The van der Waals surface area contributed by atoms with E-state index in [-0.39, 0.29) is 53.7 Å². The summed E-state index contributed by atoms with van der Waals surface area (Å²) in [5.41, 5.74) is 6.15. The zero-order chi connectivity index (χ0) is 43.9. The van der Waals surface area contributed by atoms with Crippen LogP contribution >= 0.6 is 0 Å². The fourth-order valence-corrected chi connectivity index (χ4v) is 9.07. The number of hydrogen-bond donors (Lipinski definition) is 2. The molecule has 0 radical (unpaired) electrons. The zero-order valence-corrected chi connectivity index (χ0v) is 37.6. The van der Waals surface area contributed by atoms with Crippen molar-refractivity contribution in [1.29, 1.82) is 0 Å². The van der Waals surface area contributed by atoms with Crippen molar-refractivity contribution in [2.75, 3.05) is 36.0 Å². The van der Waals surface area contributed by atoms with Crippen LogP contribution in [0.2, 0.25) is 0 Å². The van der Waals surface area contributed by atoms with Crippen LogP contribution in [0, 0.1) is 0 Å². The molecular formula is C47H70N6O7. The number of amides is 5. The summed E-state index contributed by atoms with van der Waals surface area (Å²) in [6.07, 6.45) is 11.7. The van der Waals surface area contributed by atoms with Gasteiger partial charge in [-0.05, 0) is 117 Å². The molecule has 2 heterocycles. The first-order chi connectivity index (χ1) is 28.4. The molecule has 2 aliphatic carbocycles. The number of fused-ring (bicyclic) bond motifs is 2. The van der Waals surface area contributed by atoms with Crippen LogP contribution in [0.3, 0.4) is 0 Å². The van der Waals surface area contributed by atoms with Gasteiger partial charge in [0.15, 0.2) is 11.2 Å². The largest absolute Gasteiger partial charge is 0.476 e. The van der Waals surface area contributed by atoms with E-state index < -0.39 is 11.2 Å². The fraction of sp³-hybridized carbons (Fsp3) is 0.638. The molecule has 0 bridgehead atoms. The number of nitrogens with zero attached hydrogens (tertiary/aromatic N) is 4. The molecule has 5 amide bonds. The molecule has 60 heavy (non-hydrogen) atoms. The van der Waals surface area contributed by atoms with Gasteiger partial charge in [0.1, 0.15) is 11.5 Å². The standard InChI is InChI=1S/C25H37N3O4.C22H33N3O3/c1-6-22(29)26-14-15-27-20-16-18(12-13-21(20)32-25(4,5)24(27)31)23(30)28(17(2)3)19-10-8-7-9-11-19;1-15(2)25(17-8-6-5-7-9-17)20(26)16-10-11-19-18(14-16)24(13-12-23)21(27)22(3,4)28-19/h12-13,16-17,19H,6-11,14-15H2,1-5H3,(H,26,29);10-11,14-15,17H,5-9,12-13,23H2,1-4H3. The van der Waals surface area contributed by atoms with Gasteiger partial charge in [-0.1, -0.05) is 45.4 Å². The Labute approximate surface area is 357 Å². The van der Waals surface area contributed by atoms with Crippen molar-refractivity contribution < 1.29 is 33.4 Å². The Balaban J connectivity index is 0.000000230. The first-order valence-electron chi connectivity index (χ1n) is 22.3. The molecule has 0 spiro atoms. The predicted molar refractivity (Wildman–Crippen MR) is 236 cm³/mol. The number of anilines is 2. The highest BCUT2D eigenvalue weighted by atomic mass is 16.5. The topological polar surface area (TPSA) is 155 Å². The minimum Gasteiger partial charge on any atom is -0.476 e. The van der Waals surface area contributed by atoms with Gasteiger partial charge in [0.05, 0.1) is 11.4 Å². The summed E-state index contributed by atoms with van der Waals surface area (Å²) in [4.78, 5) is 71.8. The van der Waals surface area contributed by atoms with Crippen LogP contribution in [0.5, 0.6) is 11.5 Å². The van der Waals surface area contributed by atoms with Crippen molar-refractivity contribution >= 4 is 40.9 Å². The summed E-state index contributed by atoms with van der Waals surface area (Å²) in [6.45, 7) is 18.4. The van der Waals surface area contributed by atoms with E-state index >= 15 is 0 Å². The minimum atomic E-state index is -1.01. The third kappa shape index (κ3) is 10.4. The number of carbonyl (C=O) groups is 5. The predicted octanol–water partition coefficient (Wildman–Crippen LogP) is 7.23. The molecule has 0 atom stereocenters. The van der Waals surface area contributed by atoms with Gasteiger partial charge in [-0.2, -0.15) is 0 Å². The normalized spacial score (nSPS) is 18.7. The lowest BCUT2D eigenvalue weighted by atomic mass is 9.92. The van der Waals surface area contributed by atoms with E-state index in [9.17, 15) is 24.0 Å². The van der Waals surface area contributed by atoms with Gasteiger partial charge >= 0.3 is 0 Å². The number of benzene rings is 2. The van der Waals surface area contributed by atoms with Gasteiger partial charge in [-0.3, -0.25) is 24.0 Å². The van der Waals surface area contributed by atoms with E-state index in [1.165, 1.54) is 25.7 Å². The van der Waals surface area contributed by atoms with Crippen molar-refractivity contribution in [2.45, 2.75) is 168 Å². The average Bonchev–Trinajstić information content (AvgIpc) is 3.21. The molecule has 330 valence electrons. The maximum atomic E-state index is 13.6. The van der Waals surface area contributed by atoms with Gasteiger partial charge in [-0.25, -0.2) is 0 Å². The second kappa shape index (κ2) is 19.8. The van der Waals surface area contributed by atoms with Crippen LogP contribution in [0.1, 0.15) is 154 Å². The van der Waals surface area contributed by atoms with Gasteiger partial charge < -0.3 is 40.1 Å². The number of rotatable bonds is 12. The van der Waals surface area contributed by atoms with Crippen LogP contribution in [-0.2, 0) is 14.4 Å². The lowest BCUT2D eigenvalue weighted by Gasteiger charge is -2.40. The number of hydrogen-bond acceptors (Lipinski definition) is 8. The molecule has 6 rings (SSSR count). The Kier molecular flexibility index (Phi) is 15.3. The first-order valence-corrected chi connectivity index (χ1v) is 22.3. The summed E-state index contributed by atoms with van der Waals surface area (Å²) in [7, 11) is 0. The van der Waals surface area contributed by atoms with Crippen molar-refractivity contribution in [2.24, 2.45) is 5.73 Å². The zero-order valence-electron chi connectivity index (χ0n) is 37.6. The molecular weight excluding hydrogens is 761 g/mol. The minimum absolute atomic E-state index is 0.00813. The lowest BCUT2D eigenvalue weighted by molar-refractivity contribution is -0.133. The Bertz CT molecular complexity index is 1860. The summed E-state index contributed by atoms with van der Waals surface area (Å²) in [5.74, 6) is 0.816. The van der Waals surface area contributed by atoms with E-state index in [4.69, 9.17) is 15.2 Å².